The van der Waals surface area contributed by atoms with E-state index in [9.17, 15) is 0 Å². The lowest BCUT2D eigenvalue weighted by Crippen LogP contribution is -2.22. The summed E-state index contributed by atoms with van der Waals surface area (Å²) in [6.07, 6.45) is 11.2. The maximum absolute atomic E-state index is 4.42. The second-order valence-electron chi connectivity index (χ2n) is 18.2. The van der Waals surface area contributed by atoms with Gasteiger partial charge in [0.1, 0.15) is 0 Å². The van der Waals surface area contributed by atoms with Crippen LogP contribution in [0.5, 0.6) is 0 Å². The average molecular weight is 978 g/mol. The molecule has 9 aromatic carbocycles. The van der Waals surface area contributed by atoms with E-state index in [1.54, 1.807) is 0 Å². The molecule has 7 heteroatoms. The Morgan fingerprint density at radius 1 is 0.171 bits per heavy atom. The summed E-state index contributed by atoms with van der Waals surface area (Å²) in [6.45, 7) is 0. The highest BCUT2D eigenvalue weighted by molar-refractivity contribution is 6.03. The smallest absolute Gasteiger partial charge is 0.0708 e. The number of hydrogen-bond acceptors (Lipinski definition) is 7. The molecule has 0 amide bonds. The molecular weight excluding hydrogens is 927 g/mol. The number of hydrogen-bond donors (Lipinski definition) is 0. The van der Waals surface area contributed by atoms with Gasteiger partial charge in [-0.05, 0) is 179 Å². The topological polar surface area (TPSA) is 51.6 Å². The zero-order valence-electron chi connectivity index (χ0n) is 41.6. The fourth-order valence-corrected chi connectivity index (χ4v) is 9.98. The Bertz CT molecular complexity index is 3280. The standard InChI is InChI=1S/C69H51N7/c1-7-19-58(20-8-1)73(59-21-9-2-10-22-59)67-49-55(52-37-43-70-44-38-52)31-34-64(67)76(65-35-32-56(53-39-45-71-46-40-53)50-68(65)74(60-23-11-3-12-24-60)61-25-13-4-14-26-61)66-36-33-57(54-41-47-72-48-42-54)51-69(66)75(62-27-15-5-16-28-62)63-29-17-6-18-30-63/h1-51H. The Hall–Kier alpha value is -10.4. The molecule has 0 aliphatic heterocycles. The molecule has 0 atom stereocenters. The summed E-state index contributed by atoms with van der Waals surface area (Å²) in [5.41, 5.74) is 18.0. The van der Waals surface area contributed by atoms with Crippen molar-refractivity contribution in [2.75, 3.05) is 19.6 Å². The lowest BCUT2D eigenvalue weighted by molar-refractivity contribution is 1.19. The highest BCUT2D eigenvalue weighted by Crippen LogP contribution is 2.55. The Morgan fingerprint density at radius 2 is 0.382 bits per heavy atom. The van der Waals surface area contributed by atoms with Crippen LogP contribution in [0.1, 0.15) is 0 Å². The van der Waals surface area contributed by atoms with Gasteiger partial charge in [-0.15, -0.1) is 0 Å². The molecule has 0 aliphatic carbocycles. The van der Waals surface area contributed by atoms with Crippen molar-refractivity contribution in [3.05, 3.63) is 310 Å². The van der Waals surface area contributed by atoms with Crippen LogP contribution in [0.3, 0.4) is 0 Å². The van der Waals surface area contributed by atoms with Gasteiger partial charge in [-0.2, -0.15) is 0 Å². The van der Waals surface area contributed by atoms with E-state index >= 15 is 0 Å². The van der Waals surface area contributed by atoms with Crippen LogP contribution < -0.4 is 19.6 Å². The zero-order valence-corrected chi connectivity index (χ0v) is 41.6. The minimum atomic E-state index is 0.934. The predicted molar refractivity (Wildman–Crippen MR) is 315 cm³/mol. The Balaban J connectivity index is 1.25. The number of rotatable bonds is 15. The molecule has 12 aromatic rings. The van der Waals surface area contributed by atoms with E-state index in [2.05, 4.69) is 308 Å². The van der Waals surface area contributed by atoms with Crippen molar-refractivity contribution in [2.45, 2.75) is 0 Å². The van der Waals surface area contributed by atoms with E-state index in [1.807, 2.05) is 37.2 Å². The largest absolute Gasteiger partial charge is 0.308 e. The third-order valence-electron chi connectivity index (χ3n) is 13.5. The number of benzene rings is 9. The highest BCUT2D eigenvalue weighted by atomic mass is 15.3. The Kier molecular flexibility index (Phi) is 13.4. The predicted octanol–water partition coefficient (Wildman–Crippen LogP) is 18.8. The molecule has 0 aliphatic rings. The van der Waals surface area contributed by atoms with E-state index in [0.717, 1.165) is 102 Å². The number of nitrogens with zero attached hydrogens (tertiary/aromatic N) is 7. The molecule has 362 valence electrons. The van der Waals surface area contributed by atoms with Crippen LogP contribution in [-0.4, -0.2) is 15.0 Å². The summed E-state index contributed by atoms with van der Waals surface area (Å²) in [5, 5.41) is 0. The Morgan fingerprint density at radius 3 is 0.592 bits per heavy atom. The zero-order chi connectivity index (χ0) is 50.9. The normalized spacial score (nSPS) is 10.9. The van der Waals surface area contributed by atoms with Crippen molar-refractivity contribution in [2.24, 2.45) is 0 Å². The van der Waals surface area contributed by atoms with Gasteiger partial charge in [-0.25, -0.2) is 0 Å². The van der Waals surface area contributed by atoms with Crippen molar-refractivity contribution in [3.63, 3.8) is 0 Å². The van der Waals surface area contributed by atoms with Gasteiger partial charge in [0.05, 0.1) is 34.1 Å². The van der Waals surface area contributed by atoms with Gasteiger partial charge in [-0.3, -0.25) is 15.0 Å². The third-order valence-corrected chi connectivity index (χ3v) is 13.5. The van der Waals surface area contributed by atoms with Crippen LogP contribution in [-0.2, 0) is 0 Å². The molecule has 3 aromatic heterocycles. The molecule has 7 nitrogen and oxygen atoms in total. The van der Waals surface area contributed by atoms with Crippen LogP contribution in [0.4, 0.5) is 68.2 Å². The fourth-order valence-electron chi connectivity index (χ4n) is 9.98. The minimum absolute atomic E-state index is 0.934. The molecule has 0 spiro atoms. The average Bonchev–Trinajstić information content (AvgIpc) is 3.51. The van der Waals surface area contributed by atoms with Crippen LogP contribution in [0.15, 0.2) is 310 Å². The highest BCUT2D eigenvalue weighted by Gasteiger charge is 2.31. The lowest BCUT2D eigenvalue weighted by atomic mass is 9.99. The van der Waals surface area contributed by atoms with E-state index in [0.29, 0.717) is 0 Å². The Labute approximate surface area is 444 Å². The van der Waals surface area contributed by atoms with Crippen molar-refractivity contribution in [3.8, 4) is 33.4 Å². The van der Waals surface area contributed by atoms with Gasteiger partial charge in [0.25, 0.3) is 0 Å². The van der Waals surface area contributed by atoms with E-state index < -0.39 is 0 Å². The van der Waals surface area contributed by atoms with Crippen LogP contribution >= 0.6 is 0 Å². The fraction of sp³-hybridized carbons (Fsp3) is 0. The number of pyridine rings is 3. The number of para-hydroxylation sites is 6. The lowest BCUT2D eigenvalue weighted by Gasteiger charge is -2.39. The summed E-state index contributed by atoms with van der Waals surface area (Å²) in [7, 11) is 0. The molecule has 0 N–H and O–H groups in total. The maximum atomic E-state index is 4.42. The molecule has 0 saturated heterocycles. The number of aromatic nitrogens is 3. The molecule has 0 fully saturated rings. The summed E-state index contributed by atoms with van der Waals surface area (Å²) in [4.78, 5) is 22.9. The van der Waals surface area contributed by atoms with E-state index in [4.69, 9.17) is 0 Å². The second-order valence-corrected chi connectivity index (χ2v) is 18.2. The third kappa shape index (κ3) is 9.67. The molecule has 0 bridgehead atoms. The van der Waals surface area contributed by atoms with Crippen LogP contribution in [0.25, 0.3) is 33.4 Å². The van der Waals surface area contributed by atoms with E-state index in [-0.39, 0.29) is 0 Å². The number of anilines is 12. The molecular formula is C69H51N7. The van der Waals surface area contributed by atoms with Gasteiger partial charge < -0.3 is 19.6 Å². The molecule has 0 unspecified atom stereocenters. The van der Waals surface area contributed by atoms with Crippen LogP contribution in [0.2, 0.25) is 0 Å². The minimum Gasteiger partial charge on any atom is -0.308 e. The van der Waals surface area contributed by atoms with Crippen molar-refractivity contribution < 1.29 is 0 Å². The van der Waals surface area contributed by atoms with Crippen molar-refractivity contribution >= 4 is 68.2 Å². The molecule has 12 rings (SSSR count). The second kappa shape index (κ2) is 21.8. The van der Waals surface area contributed by atoms with Crippen LogP contribution in [0, 0.1) is 0 Å². The molecule has 76 heavy (non-hydrogen) atoms. The molecule has 0 saturated carbocycles. The first kappa shape index (κ1) is 46.7. The molecule has 3 heterocycles. The van der Waals surface area contributed by atoms with Crippen molar-refractivity contribution in [1.29, 1.82) is 0 Å². The summed E-state index contributed by atoms with van der Waals surface area (Å²) < 4.78 is 0. The first-order chi connectivity index (χ1) is 37.7. The van der Waals surface area contributed by atoms with E-state index in [1.165, 1.54) is 0 Å². The monoisotopic (exact) mass is 977 g/mol. The van der Waals surface area contributed by atoms with Gasteiger partial charge in [0.15, 0.2) is 0 Å². The summed E-state index contributed by atoms with van der Waals surface area (Å²) in [6, 6.07) is 97.0. The van der Waals surface area contributed by atoms with Gasteiger partial charge in [-0.1, -0.05) is 127 Å². The maximum Gasteiger partial charge on any atom is 0.0708 e. The summed E-state index contributed by atoms with van der Waals surface area (Å²) >= 11 is 0. The molecule has 0 radical (unpaired) electrons. The van der Waals surface area contributed by atoms with Gasteiger partial charge in [0.2, 0.25) is 0 Å². The quantitative estimate of drug-likeness (QED) is 0.101. The first-order valence-corrected chi connectivity index (χ1v) is 25.4. The first-order valence-electron chi connectivity index (χ1n) is 25.4. The van der Waals surface area contributed by atoms with Gasteiger partial charge >= 0.3 is 0 Å². The SMILES string of the molecule is c1ccc(N(c2ccccc2)c2cc(-c3ccncc3)ccc2N(c2ccc(-c3ccncc3)cc2N(c2ccccc2)c2ccccc2)c2ccc(-c3ccncc3)cc2N(c2ccccc2)c2ccccc2)cc1. The summed E-state index contributed by atoms with van der Waals surface area (Å²) in [5.74, 6) is 0. The van der Waals surface area contributed by atoms with Crippen molar-refractivity contribution in [1.82, 2.24) is 15.0 Å². The van der Waals surface area contributed by atoms with Gasteiger partial charge in [0, 0.05) is 71.3 Å².